The van der Waals surface area contributed by atoms with E-state index in [2.05, 4.69) is 0 Å². The molecule has 0 spiro atoms. The van der Waals surface area contributed by atoms with E-state index in [9.17, 15) is 48.3 Å². The van der Waals surface area contributed by atoms with Gasteiger partial charge in [0, 0.05) is 55.4 Å². The summed E-state index contributed by atoms with van der Waals surface area (Å²) in [6, 6.07) is 3.05. The molecular weight excluding hydrogens is 772 g/mol. The molecule has 0 aliphatic carbocycles. The van der Waals surface area contributed by atoms with Gasteiger partial charge in [0.05, 0.1) is 5.56 Å². The van der Waals surface area contributed by atoms with Crippen LogP contribution in [0.1, 0.15) is 65.7 Å². The first-order valence-electron chi connectivity index (χ1n) is 17.0. The van der Waals surface area contributed by atoms with Crippen molar-refractivity contribution in [2.45, 2.75) is 117 Å². The summed E-state index contributed by atoms with van der Waals surface area (Å²) >= 11 is 0. The second-order valence-electron chi connectivity index (χ2n) is 12.3. The van der Waals surface area contributed by atoms with E-state index in [0.29, 0.717) is 0 Å². The lowest BCUT2D eigenvalue weighted by Crippen LogP contribution is -2.64. The molecule has 10 atom stereocenters. The van der Waals surface area contributed by atoms with Gasteiger partial charge in [-0.25, -0.2) is 4.79 Å². The highest BCUT2D eigenvalue weighted by Crippen LogP contribution is 2.38. The Morgan fingerprint density at radius 2 is 0.807 bits per heavy atom. The number of benzene rings is 1. The Balaban J connectivity index is 2.20. The van der Waals surface area contributed by atoms with Gasteiger partial charge in [0.2, 0.25) is 24.8 Å². The van der Waals surface area contributed by atoms with Crippen LogP contribution in [0.2, 0.25) is 0 Å². The molecule has 1 aromatic rings. The summed E-state index contributed by atoms with van der Waals surface area (Å²) in [6.45, 7) is 6.94. The zero-order valence-corrected chi connectivity index (χ0v) is 31.9. The summed E-state index contributed by atoms with van der Waals surface area (Å²) in [5, 5.41) is 9.86. The first kappa shape index (κ1) is 45.4. The molecule has 0 amide bonds. The number of carbonyl (C=O) groups is 9. The molecule has 0 aromatic heterocycles. The summed E-state index contributed by atoms with van der Waals surface area (Å²) in [6.07, 6.45) is -16.6. The molecule has 22 heteroatoms. The van der Waals surface area contributed by atoms with Crippen LogP contribution < -0.4 is 9.47 Å². The second-order valence-corrected chi connectivity index (χ2v) is 12.3. The maximum atomic E-state index is 12.4. The molecule has 314 valence electrons. The molecule has 2 fully saturated rings. The van der Waals surface area contributed by atoms with Gasteiger partial charge in [-0.05, 0) is 18.2 Å². The number of esters is 8. The highest BCUT2D eigenvalue weighted by atomic mass is 16.8. The lowest BCUT2D eigenvalue weighted by molar-refractivity contribution is -0.292. The largest absolute Gasteiger partial charge is 0.478 e. The van der Waals surface area contributed by atoms with Crippen molar-refractivity contribution in [2.24, 2.45) is 0 Å². The molecular formula is C35H42O22. The predicted octanol–water partition coefficient (Wildman–Crippen LogP) is 0.309. The average Bonchev–Trinajstić information content (AvgIpc) is 3.07. The highest BCUT2D eigenvalue weighted by Gasteiger charge is 2.55. The van der Waals surface area contributed by atoms with Gasteiger partial charge in [-0.3, -0.25) is 38.4 Å². The number of carbonyl (C=O) groups excluding carboxylic acids is 8. The van der Waals surface area contributed by atoms with E-state index < -0.39 is 145 Å². The molecule has 2 saturated heterocycles. The molecule has 57 heavy (non-hydrogen) atoms. The van der Waals surface area contributed by atoms with E-state index in [4.69, 9.17) is 56.8 Å². The van der Waals surface area contributed by atoms with Crippen LogP contribution in [0.15, 0.2) is 18.2 Å². The number of carboxylic acid groups (broad SMARTS) is 1. The maximum Gasteiger partial charge on any atom is 0.335 e. The van der Waals surface area contributed by atoms with E-state index in [1.807, 2.05) is 0 Å². The van der Waals surface area contributed by atoms with Crippen molar-refractivity contribution < 1.29 is 105 Å². The van der Waals surface area contributed by atoms with Crippen LogP contribution in [-0.4, -0.2) is 133 Å². The first-order chi connectivity index (χ1) is 26.7. The van der Waals surface area contributed by atoms with Crippen LogP contribution in [0.5, 0.6) is 11.5 Å². The standard InChI is InChI=1S/C35H42O22/c1-14(36)46-12-25-27(48-16(3)38)29(50-18(5)40)31(52-20(7)42)34(56-25)54-23-10-9-22(33(44)45)11-24(23)55-35-32(53-21(8)43)30(51-19(6)41)28(49-17(4)39)26(57-35)13-47-15(2)37/h9-11,25-32,34-35H,12-13H2,1-8H3,(H,44,45)/t25-,26+,27-,28+,29+,30-,31-,32-,34-,35+/m0/s1. The Bertz CT molecular complexity index is 1700. The van der Waals surface area contributed by atoms with E-state index in [0.717, 1.165) is 73.6 Å². The van der Waals surface area contributed by atoms with Gasteiger partial charge >= 0.3 is 53.7 Å². The van der Waals surface area contributed by atoms with Crippen LogP contribution >= 0.6 is 0 Å². The van der Waals surface area contributed by atoms with Gasteiger partial charge in [-0.1, -0.05) is 0 Å². The fourth-order valence-corrected chi connectivity index (χ4v) is 5.65. The SMILES string of the molecule is CC(=O)OC[C@@H]1O[C@H](Oc2ccc(C(=O)O)cc2O[C@@H]2O[C@H](COC(C)=O)[C@@H](OC(C)=O)[C@H](OC(C)=O)[C@@H]2OC(C)=O)[C@@H](OC(C)=O)[C@H](OC(C)=O)[C@H]1OC(C)=O. The number of hydrogen-bond donors (Lipinski definition) is 1. The van der Waals surface area contributed by atoms with Crippen molar-refractivity contribution in [3.8, 4) is 11.5 Å². The van der Waals surface area contributed by atoms with Crippen molar-refractivity contribution in [1.29, 1.82) is 0 Å². The summed E-state index contributed by atoms with van der Waals surface area (Å²) in [7, 11) is 0. The highest BCUT2D eigenvalue weighted by molar-refractivity contribution is 5.88. The van der Waals surface area contributed by atoms with E-state index in [1.54, 1.807) is 0 Å². The third-order valence-corrected chi connectivity index (χ3v) is 7.57. The van der Waals surface area contributed by atoms with E-state index in [-0.39, 0.29) is 0 Å². The lowest BCUT2D eigenvalue weighted by Gasteiger charge is -2.44. The number of aromatic carboxylic acids is 1. The monoisotopic (exact) mass is 814 g/mol. The average molecular weight is 815 g/mol. The summed E-state index contributed by atoms with van der Waals surface area (Å²) < 4.78 is 66.7. The zero-order valence-electron chi connectivity index (χ0n) is 31.9. The van der Waals surface area contributed by atoms with Crippen molar-refractivity contribution >= 4 is 53.7 Å². The predicted molar refractivity (Wildman–Crippen MR) is 179 cm³/mol. The zero-order chi connectivity index (χ0) is 42.7. The summed E-state index contributed by atoms with van der Waals surface area (Å²) in [4.78, 5) is 109. The van der Waals surface area contributed by atoms with E-state index >= 15 is 0 Å². The topological polar surface area (TPSA) is 285 Å². The maximum absolute atomic E-state index is 12.4. The molecule has 0 saturated carbocycles. The molecule has 0 unspecified atom stereocenters. The van der Waals surface area contributed by atoms with Gasteiger partial charge in [0.1, 0.15) is 25.4 Å². The van der Waals surface area contributed by atoms with Crippen LogP contribution in [0.25, 0.3) is 0 Å². The first-order valence-corrected chi connectivity index (χ1v) is 17.0. The molecule has 3 rings (SSSR count). The molecule has 1 N–H and O–H groups in total. The van der Waals surface area contributed by atoms with Gasteiger partial charge in [-0.15, -0.1) is 0 Å². The molecule has 2 aliphatic rings. The van der Waals surface area contributed by atoms with Gasteiger partial charge in [-0.2, -0.15) is 0 Å². The molecule has 2 heterocycles. The molecule has 22 nitrogen and oxygen atoms in total. The minimum absolute atomic E-state index is 0.409. The Kier molecular flexibility index (Phi) is 16.1. The number of carboxylic acids is 1. The van der Waals surface area contributed by atoms with Gasteiger partial charge in [0.15, 0.2) is 35.9 Å². The van der Waals surface area contributed by atoms with Crippen LogP contribution in [0, 0.1) is 0 Å². The fourth-order valence-electron chi connectivity index (χ4n) is 5.65. The number of hydrogen-bond acceptors (Lipinski definition) is 21. The minimum Gasteiger partial charge on any atom is -0.478 e. The van der Waals surface area contributed by atoms with Gasteiger partial charge in [0.25, 0.3) is 0 Å². The normalized spacial score (nSPS) is 26.6. The number of ether oxygens (including phenoxy) is 12. The van der Waals surface area contributed by atoms with Crippen molar-refractivity contribution in [3.05, 3.63) is 23.8 Å². The van der Waals surface area contributed by atoms with E-state index in [1.165, 1.54) is 0 Å². The number of rotatable bonds is 15. The van der Waals surface area contributed by atoms with Crippen molar-refractivity contribution in [2.75, 3.05) is 13.2 Å². The van der Waals surface area contributed by atoms with Crippen LogP contribution in [-0.2, 0) is 85.7 Å². The lowest BCUT2D eigenvalue weighted by atomic mass is 9.98. The molecule has 0 bridgehead atoms. The smallest absolute Gasteiger partial charge is 0.335 e. The fraction of sp³-hybridized carbons (Fsp3) is 0.571. The quantitative estimate of drug-likeness (QED) is 0.184. The van der Waals surface area contributed by atoms with Gasteiger partial charge < -0.3 is 61.9 Å². The Labute approximate surface area is 324 Å². The Morgan fingerprint density at radius 1 is 0.474 bits per heavy atom. The Hall–Kier alpha value is -6.03. The van der Waals surface area contributed by atoms with Crippen molar-refractivity contribution in [1.82, 2.24) is 0 Å². The third-order valence-electron chi connectivity index (χ3n) is 7.57. The van der Waals surface area contributed by atoms with Crippen LogP contribution in [0.4, 0.5) is 0 Å². The Morgan fingerprint density at radius 3 is 1.14 bits per heavy atom. The molecule has 0 radical (unpaired) electrons. The minimum atomic E-state index is -1.88. The molecule has 1 aromatic carbocycles. The summed E-state index contributed by atoms with van der Waals surface area (Å²) in [5.41, 5.74) is -0.412. The third kappa shape index (κ3) is 13.3. The van der Waals surface area contributed by atoms with Crippen molar-refractivity contribution in [3.63, 3.8) is 0 Å². The van der Waals surface area contributed by atoms with Crippen LogP contribution in [0.3, 0.4) is 0 Å². The summed E-state index contributed by atoms with van der Waals surface area (Å²) in [5.74, 6) is -9.55. The molecule has 2 aliphatic heterocycles. The second kappa shape index (κ2) is 20.2.